The van der Waals surface area contributed by atoms with Crippen molar-refractivity contribution >= 4 is 11.9 Å². The third kappa shape index (κ3) is 2.38. The smallest absolute Gasteiger partial charge is 0.310 e. The number of amides is 1. The van der Waals surface area contributed by atoms with Crippen LogP contribution in [-0.4, -0.2) is 60.9 Å². The first kappa shape index (κ1) is 16.9. The number of carboxylic acid groups (broad SMARTS) is 1. The summed E-state index contributed by atoms with van der Waals surface area (Å²) in [5.41, 5.74) is 0.239. The second-order valence-corrected chi connectivity index (χ2v) is 6.94. The molecule has 4 atom stereocenters. The van der Waals surface area contributed by atoms with Gasteiger partial charge in [-0.25, -0.2) is 0 Å². The molecule has 2 saturated heterocycles. The molecule has 1 aromatic carbocycles. The van der Waals surface area contributed by atoms with Gasteiger partial charge in [-0.3, -0.25) is 9.59 Å². The number of carbonyl (C=O) groups excluding carboxylic acids is 1. The van der Waals surface area contributed by atoms with E-state index < -0.39 is 29.5 Å². The van der Waals surface area contributed by atoms with Crippen molar-refractivity contribution in [2.45, 2.75) is 18.1 Å². The first-order chi connectivity index (χ1) is 12.5. The topological polar surface area (TPSA) is 85.3 Å². The number of hydrogen-bond donors (Lipinski definition) is 1. The van der Waals surface area contributed by atoms with Crippen molar-refractivity contribution < 1.29 is 28.9 Å². The van der Waals surface area contributed by atoms with Crippen LogP contribution in [0.25, 0.3) is 0 Å². The number of rotatable bonds is 6. The molecule has 0 radical (unpaired) electrons. The third-order valence-corrected chi connectivity index (χ3v) is 5.58. The van der Waals surface area contributed by atoms with Crippen LogP contribution in [0, 0.1) is 11.8 Å². The maximum atomic E-state index is 12.8. The zero-order valence-corrected chi connectivity index (χ0v) is 14.7. The lowest BCUT2D eigenvalue weighted by Crippen LogP contribution is -2.39. The zero-order chi connectivity index (χ0) is 18.5. The monoisotopic (exact) mass is 359 g/mol. The molecule has 0 aliphatic carbocycles. The Kier molecular flexibility index (Phi) is 3.91. The fourth-order valence-electron chi connectivity index (χ4n) is 4.35. The largest absolute Gasteiger partial charge is 0.493 e. The number of likely N-dealkylation sites (tertiary alicyclic amines) is 1. The van der Waals surface area contributed by atoms with E-state index in [-0.39, 0.29) is 5.91 Å². The Hall–Kier alpha value is -2.54. The molecule has 1 N–H and O–H groups in total. The maximum absolute atomic E-state index is 12.8. The summed E-state index contributed by atoms with van der Waals surface area (Å²) >= 11 is 0. The van der Waals surface area contributed by atoms with Crippen LogP contribution in [0.2, 0.25) is 0 Å². The van der Waals surface area contributed by atoms with Crippen LogP contribution >= 0.6 is 0 Å². The number of nitrogens with zero attached hydrogens (tertiary/aromatic N) is 1. The summed E-state index contributed by atoms with van der Waals surface area (Å²) < 4.78 is 16.4. The van der Waals surface area contributed by atoms with E-state index >= 15 is 0 Å². The molecule has 1 aromatic rings. The number of benzene rings is 1. The summed E-state index contributed by atoms with van der Waals surface area (Å²) in [6.45, 7) is 0.904. The Bertz CT molecular complexity index is 790. The summed E-state index contributed by atoms with van der Waals surface area (Å²) in [6, 6.07) is 5.66. The summed E-state index contributed by atoms with van der Waals surface area (Å²) in [7, 11) is 3.16. The standard InChI is InChI=1S/C19H21NO6/c1-24-12-4-3-11(9-14(12)25-2)6-8-20-10-19-7-5-13(26-19)15(18(22)23)16(19)17(20)21/h3-5,7,9,13,15-16H,6,8,10H2,1-2H3,(H,22,23)/t13-,15-,16?,19-/m0/s1. The highest BCUT2D eigenvalue weighted by molar-refractivity contribution is 5.90. The van der Waals surface area contributed by atoms with Gasteiger partial charge in [-0.05, 0) is 24.1 Å². The lowest BCUT2D eigenvalue weighted by Gasteiger charge is -2.21. The van der Waals surface area contributed by atoms with Gasteiger partial charge in [0.05, 0.1) is 32.8 Å². The van der Waals surface area contributed by atoms with Crippen molar-refractivity contribution in [3.8, 4) is 11.5 Å². The van der Waals surface area contributed by atoms with Gasteiger partial charge >= 0.3 is 5.97 Å². The molecule has 3 aliphatic rings. The molecule has 0 aromatic heterocycles. The van der Waals surface area contributed by atoms with Crippen molar-refractivity contribution in [2.75, 3.05) is 27.3 Å². The van der Waals surface area contributed by atoms with Gasteiger partial charge in [0, 0.05) is 6.54 Å². The third-order valence-electron chi connectivity index (χ3n) is 5.58. The lowest BCUT2D eigenvalue weighted by molar-refractivity contribution is -0.148. The predicted molar refractivity (Wildman–Crippen MR) is 91.2 cm³/mol. The fourth-order valence-corrected chi connectivity index (χ4v) is 4.35. The van der Waals surface area contributed by atoms with Crippen molar-refractivity contribution in [3.05, 3.63) is 35.9 Å². The molecular weight excluding hydrogens is 338 g/mol. The molecule has 4 rings (SSSR count). The number of carbonyl (C=O) groups is 2. The molecule has 7 heteroatoms. The van der Waals surface area contributed by atoms with Crippen LogP contribution in [0.3, 0.4) is 0 Å². The SMILES string of the molecule is COc1ccc(CCN2C[C@]34C=C[C@H](O3)[C@H](C(=O)O)C4C2=O)cc1OC. The summed E-state index contributed by atoms with van der Waals surface area (Å²) in [5, 5.41) is 9.49. The van der Waals surface area contributed by atoms with Crippen LogP contribution in [0.15, 0.2) is 30.4 Å². The predicted octanol–water partition coefficient (Wildman–Crippen LogP) is 1.11. The van der Waals surface area contributed by atoms with Crippen molar-refractivity contribution in [1.82, 2.24) is 4.90 Å². The molecule has 3 aliphatic heterocycles. The minimum atomic E-state index is -0.971. The van der Waals surface area contributed by atoms with Gasteiger partial charge in [0.15, 0.2) is 11.5 Å². The molecular formula is C19H21NO6. The molecule has 138 valence electrons. The van der Waals surface area contributed by atoms with Crippen LogP contribution in [0.1, 0.15) is 5.56 Å². The van der Waals surface area contributed by atoms with E-state index in [9.17, 15) is 14.7 Å². The van der Waals surface area contributed by atoms with Gasteiger partial charge in [0.1, 0.15) is 11.5 Å². The number of hydrogen-bond acceptors (Lipinski definition) is 5. The minimum Gasteiger partial charge on any atom is -0.493 e. The molecule has 1 amide bonds. The quantitative estimate of drug-likeness (QED) is 0.766. The Morgan fingerprint density at radius 3 is 2.81 bits per heavy atom. The average Bonchev–Trinajstić information content (AvgIpc) is 3.27. The molecule has 3 heterocycles. The van der Waals surface area contributed by atoms with E-state index in [0.717, 1.165) is 5.56 Å². The highest BCUT2D eigenvalue weighted by Crippen LogP contribution is 2.51. The minimum absolute atomic E-state index is 0.135. The summed E-state index contributed by atoms with van der Waals surface area (Å²) in [4.78, 5) is 26.1. The second kappa shape index (κ2) is 6.02. The fraction of sp³-hybridized carbons (Fsp3) is 0.474. The van der Waals surface area contributed by atoms with Gasteiger partial charge in [-0.2, -0.15) is 0 Å². The van der Waals surface area contributed by atoms with Crippen LogP contribution in [-0.2, 0) is 20.7 Å². The maximum Gasteiger partial charge on any atom is 0.310 e. The lowest BCUT2D eigenvalue weighted by atomic mass is 9.77. The Labute approximate surface area is 151 Å². The number of aliphatic carboxylic acids is 1. The first-order valence-corrected chi connectivity index (χ1v) is 8.59. The molecule has 26 heavy (non-hydrogen) atoms. The Balaban J connectivity index is 1.48. The van der Waals surface area contributed by atoms with E-state index in [1.807, 2.05) is 24.3 Å². The van der Waals surface area contributed by atoms with E-state index in [2.05, 4.69) is 0 Å². The molecule has 1 unspecified atom stereocenters. The Morgan fingerprint density at radius 1 is 1.35 bits per heavy atom. The van der Waals surface area contributed by atoms with Crippen LogP contribution in [0.5, 0.6) is 11.5 Å². The normalized spacial score (nSPS) is 31.4. The first-order valence-electron chi connectivity index (χ1n) is 8.59. The number of methoxy groups -OCH3 is 2. The molecule has 7 nitrogen and oxygen atoms in total. The van der Waals surface area contributed by atoms with Gasteiger partial charge < -0.3 is 24.2 Å². The molecule has 0 saturated carbocycles. The van der Waals surface area contributed by atoms with Gasteiger partial charge in [-0.1, -0.05) is 18.2 Å². The number of ether oxygens (including phenoxy) is 3. The van der Waals surface area contributed by atoms with Crippen LogP contribution < -0.4 is 9.47 Å². The Morgan fingerprint density at radius 2 is 2.12 bits per heavy atom. The average molecular weight is 359 g/mol. The van der Waals surface area contributed by atoms with E-state index in [1.54, 1.807) is 25.2 Å². The molecule has 2 bridgehead atoms. The molecule has 2 fully saturated rings. The van der Waals surface area contributed by atoms with Gasteiger partial charge in [0.25, 0.3) is 0 Å². The van der Waals surface area contributed by atoms with E-state index in [4.69, 9.17) is 14.2 Å². The van der Waals surface area contributed by atoms with E-state index in [0.29, 0.717) is 31.0 Å². The summed E-state index contributed by atoms with van der Waals surface area (Å²) in [5.74, 6) is -1.23. The number of fused-ring (bicyclic) bond motifs is 1. The van der Waals surface area contributed by atoms with Crippen molar-refractivity contribution in [1.29, 1.82) is 0 Å². The van der Waals surface area contributed by atoms with Crippen LogP contribution in [0.4, 0.5) is 0 Å². The molecule has 1 spiro atoms. The van der Waals surface area contributed by atoms with E-state index in [1.165, 1.54) is 0 Å². The van der Waals surface area contributed by atoms with Crippen molar-refractivity contribution in [3.63, 3.8) is 0 Å². The van der Waals surface area contributed by atoms with Crippen molar-refractivity contribution in [2.24, 2.45) is 11.8 Å². The zero-order valence-electron chi connectivity index (χ0n) is 14.7. The summed E-state index contributed by atoms with van der Waals surface area (Å²) in [6.07, 6.45) is 3.80. The second-order valence-electron chi connectivity index (χ2n) is 6.94. The number of carboxylic acids is 1. The highest BCUT2D eigenvalue weighted by Gasteiger charge is 2.66. The van der Waals surface area contributed by atoms with Gasteiger partial charge in [0.2, 0.25) is 5.91 Å². The van der Waals surface area contributed by atoms with Gasteiger partial charge in [-0.15, -0.1) is 0 Å². The highest BCUT2D eigenvalue weighted by atomic mass is 16.5.